The van der Waals surface area contributed by atoms with E-state index in [9.17, 15) is 24.0 Å². The van der Waals surface area contributed by atoms with Gasteiger partial charge in [0.25, 0.3) is 0 Å². The lowest BCUT2D eigenvalue weighted by molar-refractivity contribution is -0.135. The molecule has 5 heterocycles. The zero-order valence-electron chi connectivity index (χ0n) is 44.3. The summed E-state index contributed by atoms with van der Waals surface area (Å²) in [7, 11) is 4.31. The first-order valence-corrected chi connectivity index (χ1v) is 25.7. The number of aryl methyl sites for hydroxylation is 3. The van der Waals surface area contributed by atoms with Crippen molar-refractivity contribution in [2.75, 3.05) is 63.6 Å². The molecule has 2 unspecified atom stereocenters. The molecule has 2 aromatic rings. The average molecular weight is 961 g/mol. The average Bonchev–Trinajstić information content (AvgIpc) is 3.59. The number of piperidine rings is 2. The Hall–Kier alpha value is -4.89. The van der Waals surface area contributed by atoms with Gasteiger partial charge < -0.3 is 29.6 Å². The van der Waals surface area contributed by atoms with Gasteiger partial charge in [-0.3, -0.25) is 34.2 Å². The van der Waals surface area contributed by atoms with Gasteiger partial charge in [-0.25, -0.2) is 9.97 Å². The van der Waals surface area contributed by atoms with Crippen molar-refractivity contribution < 1.29 is 33.6 Å². The molecule has 4 saturated heterocycles. The first-order chi connectivity index (χ1) is 33.1. The van der Waals surface area contributed by atoms with Crippen molar-refractivity contribution in [3.05, 3.63) is 46.8 Å². The van der Waals surface area contributed by atoms with Crippen LogP contribution in [0.5, 0.6) is 0 Å². The molecular formula is C54H88N8O7. The van der Waals surface area contributed by atoms with E-state index in [0.717, 1.165) is 113 Å². The third kappa shape index (κ3) is 17.5. The summed E-state index contributed by atoms with van der Waals surface area (Å²) in [5.74, 6) is 1.28. The SMILES string of the molecule is C=O.C=O.CC.CC.CC(=O)C1(c2cnc(NC3CCN(C)CC3)nc2C)CC1.CC(=O)N(c1ccc(CCCC(=O)N2CCC3(CCN(C)C3)C2)cc1C)C1CCC(=O)NC1=O.CC1CCCC1. The minimum absolute atomic E-state index is 0.222. The number of hydrogen-bond donors (Lipinski definition) is 2. The van der Waals surface area contributed by atoms with Crippen molar-refractivity contribution in [3.63, 3.8) is 0 Å². The highest BCUT2D eigenvalue weighted by Gasteiger charge is 2.50. The van der Waals surface area contributed by atoms with E-state index in [0.29, 0.717) is 35.9 Å². The fourth-order valence-corrected chi connectivity index (χ4v) is 10.3. The second-order valence-corrected chi connectivity index (χ2v) is 19.3. The van der Waals surface area contributed by atoms with E-state index in [-0.39, 0.29) is 35.3 Å². The molecule has 1 aromatic carbocycles. The summed E-state index contributed by atoms with van der Waals surface area (Å²) in [5.41, 5.74) is 4.67. The highest BCUT2D eigenvalue weighted by molar-refractivity contribution is 6.06. The Kier molecular flexibility index (Phi) is 26.2. The number of likely N-dealkylation sites (tertiary alicyclic amines) is 3. The van der Waals surface area contributed by atoms with Crippen LogP contribution in [0, 0.1) is 25.2 Å². The number of nitrogens with zero attached hydrogens (tertiary/aromatic N) is 6. The molecule has 0 radical (unpaired) electrons. The molecular weight excluding hydrogens is 873 g/mol. The molecule has 2 saturated carbocycles. The van der Waals surface area contributed by atoms with Crippen LogP contribution in [0.2, 0.25) is 0 Å². The lowest BCUT2D eigenvalue weighted by atomic mass is 9.86. The standard InChI is InChI=1S/C26H36N4O4.C16H24N4O.C6H12.2C2H6.2CH2O/c1-18-15-20(5-4-6-24(33)29-14-12-26(17-29)11-13-28(3)16-26)7-8-21(18)30(19(2)31)22-9-10-23(32)27-25(22)34;1-11-14(16(6-7-16)12(2)21)10-17-15(18-11)19-13-4-8-20(3)9-5-13;1-6-4-2-3-5-6;4*1-2/h7-8,15,22H,4-6,9-14,16-17H2,1-3H3,(H,27,32,34);10,13H,4-9H2,1-3H3,(H,17,18,19);6H,2-5H2,1H3;2*1-2H3;2*1H2. The fourth-order valence-electron chi connectivity index (χ4n) is 10.3. The quantitative estimate of drug-likeness (QED) is 0.221. The number of ketones is 1. The van der Waals surface area contributed by atoms with Crippen LogP contribution in [0.4, 0.5) is 11.6 Å². The van der Waals surface area contributed by atoms with Crippen molar-refractivity contribution in [2.45, 2.75) is 176 Å². The number of carbonyl (C=O) groups excluding carboxylic acids is 7. The van der Waals surface area contributed by atoms with Crippen LogP contribution in [0.25, 0.3) is 0 Å². The van der Waals surface area contributed by atoms with Gasteiger partial charge in [-0.05, 0) is 135 Å². The molecule has 2 N–H and O–H groups in total. The maximum atomic E-state index is 12.8. The maximum Gasteiger partial charge on any atom is 0.249 e. The van der Waals surface area contributed by atoms with Crippen LogP contribution < -0.4 is 15.5 Å². The summed E-state index contributed by atoms with van der Waals surface area (Å²) in [6.07, 6.45) is 16.9. The lowest BCUT2D eigenvalue weighted by Gasteiger charge is -2.33. The number of Topliss-reactive ketones (excluding diaryl/α,β-unsaturated/α-hetero) is 1. The molecule has 2 atom stereocenters. The van der Waals surface area contributed by atoms with Gasteiger partial charge in [-0.2, -0.15) is 0 Å². The van der Waals surface area contributed by atoms with Gasteiger partial charge in [0.15, 0.2) is 0 Å². The Morgan fingerprint density at radius 3 is 1.96 bits per heavy atom. The van der Waals surface area contributed by atoms with Crippen molar-refractivity contribution in [1.29, 1.82) is 0 Å². The zero-order chi connectivity index (χ0) is 51.9. The van der Waals surface area contributed by atoms with Crippen LogP contribution in [0.1, 0.15) is 161 Å². The first kappa shape index (κ1) is 60.2. The maximum absolute atomic E-state index is 12.8. The van der Waals surface area contributed by atoms with Gasteiger partial charge in [0.1, 0.15) is 25.4 Å². The molecule has 6 aliphatic rings. The summed E-state index contributed by atoms with van der Waals surface area (Å²) in [6.45, 7) is 27.6. The van der Waals surface area contributed by atoms with Crippen LogP contribution in [-0.2, 0) is 45.4 Å². The Morgan fingerprint density at radius 2 is 1.46 bits per heavy atom. The molecule has 0 bridgehead atoms. The first-order valence-electron chi connectivity index (χ1n) is 25.7. The largest absolute Gasteiger partial charge is 0.351 e. The highest BCUT2D eigenvalue weighted by atomic mass is 16.2. The second kappa shape index (κ2) is 30.0. The number of rotatable bonds is 10. The second-order valence-electron chi connectivity index (χ2n) is 19.3. The Labute approximate surface area is 414 Å². The van der Waals surface area contributed by atoms with E-state index >= 15 is 0 Å². The van der Waals surface area contributed by atoms with Crippen LogP contribution in [0.3, 0.4) is 0 Å². The van der Waals surface area contributed by atoms with E-state index in [4.69, 9.17) is 9.59 Å². The van der Waals surface area contributed by atoms with Gasteiger partial charge >= 0.3 is 0 Å². The topological polar surface area (TPSA) is 182 Å². The molecule has 15 heteroatoms. The van der Waals surface area contributed by atoms with E-state index in [1.165, 1.54) is 43.9 Å². The predicted octanol–water partition coefficient (Wildman–Crippen LogP) is 7.82. The van der Waals surface area contributed by atoms with Gasteiger partial charge in [-0.15, -0.1) is 0 Å². The minimum atomic E-state index is -0.680. The molecule has 69 heavy (non-hydrogen) atoms. The summed E-state index contributed by atoms with van der Waals surface area (Å²) in [5, 5.41) is 5.77. The normalized spacial score (nSPS) is 21.6. The number of amides is 4. The zero-order valence-corrected chi connectivity index (χ0v) is 44.3. The predicted molar refractivity (Wildman–Crippen MR) is 276 cm³/mol. The highest BCUT2D eigenvalue weighted by Crippen LogP contribution is 2.49. The van der Waals surface area contributed by atoms with Crippen molar-refractivity contribution in [1.82, 2.24) is 30.0 Å². The number of aromatic nitrogens is 2. The number of benzene rings is 1. The van der Waals surface area contributed by atoms with E-state index in [1.807, 2.05) is 79.5 Å². The fraction of sp³-hybridized carbons (Fsp3) is 0.685. The van der Waals surface area contributed by atoms with E-state index in [1.54, 1.807) is 6.92 Å². The van der Waals surface area contributed by atoms with Crippen LogP contribution >= 0.6 is 0 Å². The number of hydrogen-bond acceptors (Lipinski definition) is 12. The van der Waals surface area contributed by atoms with Gasteiger partial charge in [0.2, 0.25) is 29.6 Å². The number of imide groups is 1. The molecule has 4 aliphatic heterocycles. The molecule has 15 nitrogen and oxygen atoms in total. The summed E-state index contributed by atoms with van der Waals surface area (Å²) in [6, 6.07) is 5.64. The Balaban J connectivity index is 0.000000395. The van der Waals surface area contributed by atoms with Gasteiger partial charge in [0.05, 0.1) is 5.41 Å². The molecule has 8 rings (SSSR count). The smallest absolute Gasteiger partial charge is 0.249 e. The van der Waals surface area contributed by atoms with Gasteiger partial charge in [0, 0.05) is 74.0 Å². The monoisotopic (exact) mass is 961 g/mol. The summed E-state index contributed by atoms with van der Waals surface area (Å²) in [4.78, 5) is 94.2. The molecule has 2 aliphatic carbocycles. The van der Waals surface area contributed by atoms with Crippen molar-refractivity contribution in [2.24, 2.45) is 11.3 Å². The lowest BCUT2D eigenvalue weighted by Crippen LogP contribution is -2.54. The Bertz CT molecular complexity index is 1940. The number of nitrogens with one attached hydrogen (secondary N) is 2. The molecule has 6 fully saturated rings. The summed E-state index contributed by atoms with van der Waals surface area (Å²) >= 11 is 0. The van der Waals surface area contributed by atoms with E-state index < -0.39 is 11.9 Å². The van der Waals surface area contributed by atoms with Gasteiger partial charge in [-0.1, -0.05) is 72.4 Å². The van der Waals surface area contributed by atoms with Crippen molar-refractivity contribution in [3.8, 4) is 0 Å². The third-order valence-corrected chi connectivity index (χ3v) is 14.3. The number of carbonyl (C=O) groups is 7. The molecule has 1 spiro atoms. The van der Waals surface area contributed by atoms with Crippen LogP contribution in [0.15, 0.2) is 24.4 Å². The molecule has 1 aromatic heterocycles. The van der Waals surface area contributed by atoms with E-state index in [2.05, 4.69) is 56.3 Å². The summed E-state index contributed by atoms with van der Waals surface area (Å²) < 4.78 is 0. The number of anilines is 2. The molecule has 386 valence electrons. The minimum Gasteiger partial charge on any atom is -0.351 e. The van der Waals surface area contributed by atoms with Crippen molar-refractivity contribution >= 4 is 54.6 Å². The third-order valence-electron chi connectivity index (χ3n) is 14.3. The Morgan fingerprint density at radius 1 is 0.841 bits per heavy atom. The molecule has 4 amide bonds. The van der Waals surface area contributed by atoms with Crippen LogP contribution in [-0.4, -0.2) is 133 Å².